The maximum atomic E-state index is 3.75. The highest BCUT2D eigenvalue weighted by atomic mass is 32.2. The Hall–Kier alpha value is -0.630. The van der Waals surface area contributed by atoms with Crippen molar-refractivity contribution in [2.45, 2.75) is 50.5 Å². The van der Waals surface area contributed by atoms with Crippen LogP contribution in [0.15, 0.2) is 29.2 Å². The van der Waals surface area contributed by atoms with Gasteiger partial charge in [0.1, 0.15) is 0 Å². The molecule has 0 aromatic heterocycles. The smallest absolute Gasteiger partial charge is 0.0343 e. The Balaban J connectivity index is 2.01. The van der Waals surface area contributed by atoms with Gasteiger partial charge < -0.3 is 5.32 Å². The fourth-order valence-corrected chi connectivity index (χ4v) is 3.45. The molecular weight excluding hydrogens is 238 g/mol. The molecule has 0 spiro atoms. The van der Waals surface area contributed by atoms with Crippen LogP contribution < -0.4 is 5.32 Å². The van der Waals surface area contributed by atoms with E-state index in [1.165, 1.54) is 36.3 Å². The van der Waals surface area contributed by atoms with Crippen molar-refractivity contribution in [2.24, 2.45) is 11.8 Å². The predicted octanol–water partition coefficient (Wildman–Crippen LogP) is 5.04. The quantitative estimate of drug-likeness (QED) is 0.764. The first-order valence-electron chi connectivity index (χ1n) is 7.11. The van der Waals surface area contributed by atoms with Gasteiger partial charge in [-0.05, 0) is 55.2 Å². The molecule has 1 nitrogen and oxygen atoms in total. The van der Waals surface area contributed by atoms with E-state index >= 15 is 0 Å². The molecule has 1 aliphatic rings. The third-order valence-electron chi connectivity index (χ3n) is 4.12. The summed E-state index contributed by atoms with van der Waals surface area (Å²) in [5.74, 6) is 1.62. The van der Waals surface area contributed by atoms with Gasteiger partial charge in [-0.3, -0.25) is 0 Å². The second-order valence-electron chi connectivity index (χ2n) is 5.67. The molecule has 0 saturated heterocycles. The normalized spacial score (nSPS) is 24.2. The summed E-state index contributed by atoms with van der Waals surface area (Å²) in [7, 11) is 0. The molecule has 1 aliphatic carbocycles. The zero-order valence-corrected chi connectivity index (χ0v) is 12.6. The topological polar surface area (TPSA) is 12.0 Å². The van der Waals surface area contributed by atoms with Crippen LogP contribution in [0.4, 0.5) is 5.69 Å². The summed E-state index contributed by atoms with van der Waals surface area (Å²) < 4.78 is 0. The molecule has 0 amide bonds. The summed E-state index contributed by atoms with van der Waals surface area (Å²) in [6, 6.07) is 9.52. The highest BCUT2D eigenvalue weighted by Crippen LogP contribution is 2.32. The van der Waals surface area contributed by atoms with Gasteiger partial charge in [-0.25, -0.2) is 0 Å². The molecule has 2 heteroatoms. The number of anilines is 1. The fraction of sp³-hybridized carbons (Fsp3) is 0.625. The molecule has 1 N–H and O–H groups in total. The molecule has 2 atom stereocenters. The highest BCUT2D eigenvalue weighted by Gasteiger charge is 2.27. The zero-order valence-electron chi connectivity index (χ0n) is 11.8. The third kappa shape index (κ3) is 3.44. The molecule has 0 heterocycles. The molecule has 0 bridgehead atoms. The molecule has 100 valence electrons. The van der Waals surface area contributed by atoms with Gasteiger partial charge in [-0.1, -0.05) is 26.7 Å². The van der Waals surface area contributed by atoms with Crippen LogP contribution in [0.25, 0.3) is 0 Å². The average molecular weight is 263 g/mol. The molecule has 1 fully saturated rings. The number of hydrogen-bond donors (Lipinski definition) is 1. The number of thioether (sulfide) groups is 1. The predicted molar refractivity (Wildman–Crippen MR) is 82.4 cm³/mol. The van der Waals surface area contributed by atoms with Crippen LogP contribution in [-0.4, -0.2) is 12.3 Å². The lowest BCUT2D eigenvalue weighted by Crippen LogP contribution is -2.35. The average Bonchev–Trinajstić information content (AvgIpc) is 2.40. The van der Waals surface area contributed by atoms with E-state index in [2.05, 4.69) is 49.7 Å². The first kappa shape index (κ1) is 13.8. The largest absolute Gasteiger partial charge is 0.382 e. The Kier molecular flexibility index (Phi) is 4.99. The van der Waals surface area contributed by atoms with E-state index in [1.807, 2.05) is 0 Å². The molecule has 1 saturated carbocycles. The first-order chi connectivity index (χ1) is 8.70. The number of benzene rings is 1. The van der Waals surface area contributed by atoms with Crippen LogP contribution in [0, 0.1) is 11.8 Å². The van der Waals surface area contributed by atoms with Gasteiger partial charge >= 0.3 is 0 Å². The van der Waals surface area contributed by atoms with Crippen molar-refractivity contribution < 1.29 is 0 Å². The molecular formula is C16H25NS. The van der Waals surface area contributed by atoms with Gasteiger partial charge in [-0.15, -0.1) is 11.8 Å². The third-order valence-corrected chi connectivity index (χ3v) is 4.86. The maximum Gasteiger partial charge on any atom is 0.0343 e. The SMILES string of the molecule is CSc1ccc(NC2CCCCC2C(C)C)cc1. The standard InChI is InChI=1S/C16H25NS/c1-12(2)15-6-4-5-7-16(15)17-13-8-10-14(18-3)11-9-13/h8-12,15-17H,4-7H2,1-3H3. The van der Waals surface area contributed by atoms with Gasteiger partial charge in [0.25, 0.3) is 0 Å². The molecule has 0 radical (unpaired) electrons. The van der Waals surface area contributed by atoms with Gasteiger partial charge in [-0.2, -0.15) is 0 Å². The lowest BCUT2D eigenvalue weighted by Gasteiger charge is -2.35. The molecule has 2 rings (SSSR count). The summed E-state index contributed by atoms with van der Waals surface area (Å²) in [6.07, 6.45) is 7.62. The summed E-state index contributed by atoms with van der Waals surface area (Å²) in [5.41, 5.74) is 1.28. The van der Waals surface area contributed by atoms with E-state index in [4.69, 9.17) is 0 Å². The van der Waals surface area contributed by atoms with E-state index in [9.17, 15) is 0 Å². The molecule has 1 aromatic carbocycles. The van der Waals surface area contributed by atoms with Crippen LogP contribution in [0.5, 0.6) is 0 Å². The zero-order chi connectivity index (χ0) is 13.0. The van der Waals surface area contributed by atoms with Crippen LogP contribution in [0.1, 0.15) is 39.5 Å². The van der Waals surface area contributed by atoms with Crippen LogP contribution >= 0.6 is 11.8 Å². The van der Waals surface area contributed by atoms with Crippen LogP contribution in [0.2, 0.25) is 0 Å². The Morgan fingerprint density at radius 3 is 2.39 bits per heavy atom. The second-order valence-corrected chi connectivity index (χ2v) is 6.55. The van der Waals surface area contributed by atoms with E-state index in [0.29, 0.717) is 6.04 Å². The molecule has 18 heavy (non-hydrogen) atoms. The van der Waals surface area contributed by atoms with Crippen LogP contribution in [0.3, 0.4) is 0 Å². The number of hydrogen-bond acceptors (Lipinski definition) is 2. The summed E-state index contributed by atoms with van der Waals surface area (Å²) in [5, 5.41) is 3.75. The Morgan fingerprint density at radius 2 is 1.78 bits per heavy atom. The first-order valence-corrected chi connectivity index (χ1v) is 8.34. The second kappa shape index (κ2) is 6.51. The van der Waals surface area contributed by atoms with Crippen molar-refractivity contribution in [1.29, 1.82) is 0 Å². The van der Waals surface area contributed by atoms with Crippen LogP contribution in [-0.2, 0) is 0 Å². The van der Waals surface area contributed by atoms with Crippen molar-refractivity contribution in [3.8, 4) is 0 Å². The minimum Gasteiger partial charge on any atom is -0.382 e. The van der Waals surface area contributed by atoms with Gasteiger partial charge in [0.05, 0.1) is 0 Å². The minimum atomic E-state index is 0.666. The molecule has 2 unspecified atom stereocenters. The fourth-order valence-electron chi connectivity index (χ4n) is 3.04. The van der Waals surface area contributed by atoms with Gasteiger partial charge in [0, 0.05) is 16.6 Å². The Labute approximate surface area is 116 Å². The maximum absolute atomic E-state index is 3.75. The molecule has 0 aliphatic heterocycles. The van der Waals surface area contributed by atoms with Crippen molar-refractivity contribution in [1.82, 2.24) is 0 Å². The van der Waals surface area contributed by atoms with E-state index in [0.717, 1.165) is 11.8 Å². The van der Waals surface area contributed by atoms with Gasteiger partial charge in [0.2, 0.25) is 0 Å². The Bertz CT molecular complexity index is 358. The summed E-state index contributed by atoms with van der Waals surface area (Å²) >= 11 is 1.80. The summed E-state index contributed by atoms with van der Waals surface area (Å²) in [6.45, 7) is 4.73. The van der Waals surface area contributed by atoms with E-state index in [-0.39, 0.29) is 0 Å². The van der Waals surface area contributed by atoms with Crippen molar-refractivity contribution in [3.63, 3.8) is 0 Å². The highest BCUT2D eigenvalue weighted by molar-refractivity contribution is 7.98. The van der Waals surface area contributed by atoms with Crippen molar-refractivity contribution >= 4 is 17.4 Å². The lowest BCUT2D eigenvalue weighted by atomic mass is 9.78. The molecule has 1 aromatic rings. The minimum absolute atomic E-state index is 0.666. The van der Waals surface area contributed by atoms with E-state index in [1.54, 1.807) is 11.8 Å². The van der Waals surface area contributed by atoms with Gasteiger partial charge in [0.15, 0.2) is 0 Å². The number of nitrogens with one attached hydrogen (secondary N) is 1. The summed E-state index contributed by atoms with van der Waals surface area (Å²) in [4.78, 5) is 1.34. The van der Waals surface area contributed by atoms with Crippen molar-refractivity contribution in [3.05, 3.63) is 24.3 Å². The van der Waals surface area contributed by atoms with E-state index < -0.39 is 0 Å². The number of rotatable bonds is 4. The Morgan fingerprint density at radius 1 is 1.11 bits per heavy atom. The lowest BCUT2D eigenvalue weighted by molar-refractivity contribution is 0.254. The van der Waals surface area contributed by atoms with Crippen molar-refractivity contribution in [2.75, 3.05) is 11.6 Å². The monoisotopic (exact) mass is 263 g/mol.